The monoisotopic (exact) mass is 278 g/mol. The average molecular weight is 278 g/mol. The Morgan fingerprint density at radius 3 is 3.10 bits per heavy atom. The van der Waals surface area contributed by atoms with E-state index in [-0.39, 0.29) is 11.9 Å². The Balaban J connectivity index is 2.27. The van der Waals surface area contributed by atoms with E-state index in [1.807, 2.05) is 30.9 Å². The smallest absolute Gasteiger partial charge is 0.245 e. The number of pyridine rings is 1. The normalized spacial score (nSPS) is 18.9. The number of carbonyl (C=O) groups excluding carboxylic acids is 1. The summed E-state index contributed by atoms with van der Waals surface area (Å²) in [5.41, 5.74) is 7.64. The molecule has 6 nitrogen and oxygen atoms in total. The highest BCUT2D eigenvalue weighted by Gasteiger charge is 2.30. The van der Waals surface area contributed by atoms with Crippen molar-refractivity contribution in [3.63, 3.8) is 0 Å². The second-order valence-corrected chi connectivity index (χ2v) is 4.86. The lowest BCUT2D eigenvalue weighted by Crippen LogP contribution is -2.54. The first kappa shape index (κ1) is 14.7. The Morgan fingerprint density at radius 1 is 1.60 bits per heavy atom. The molecule has 1 amide bonds. The van der Waals surface area contributed by atoms with Crippen molar-refractivity contribution in [3.05, 3.63) is 23.4 Å². The Hall–Kier alpha value is -1.66. The third kappa shape index (κ3) is 3.26. The average Bonchev–Trinajstić information content (AvgIpc) is 2.46. The van der Waals surface area contributed by atoms with Crippen LogP contribution in [0.2, 0.25) is 0 Å². The molecule has 2 rings (SSSR count). The number of nitrogens with two attached hydrogens (primary N) is 1. The van der Waals surface area contributed by atoms with Crippen LogP contribution in [0.4, 0.5) is 5.82 Å². The summed E-state index contributed by atoms with van der Waals surface area (Å²) < 4.78 is 5.43. The number of likely N-dealkylation sites (N-methyl/N-ethyl adjacent to an activating group) is 1. The predicted octanol–water partition coefficient (Wildman–Crippen LogP) is 0.190. The number of carbonyl (C=O) groups is 1. The molecule has 1 aromatic heterocycles. The van der Waals surface area contributed by atoms with Crippen LogP contribution in [0.1, 0.15) is 18.2 Å². The van der Waals surface area contributed by atoms with Gasteiger partial charge in [0.05, 0.1) is 13.2 Å². The van der Waals surface area contributed by atoms with Crippen molar-refractivity contribution < 1.29 is 9.53 Å². The van der Waals surface area contributed by atoms with Crippen molar-refractivity contribution in [1.82, 2.24) is 10.3 Å². The van der Waals surface area contributed by atoms with Gasteiger partial charge in [-0.3, -0.25) is 4.79 Å². The molecule has 1 atom stereocenters. The molecule has 1 aliphatic heterocycles. The lowest BCUT2D eigenvalue weighted by atomic mass is 10.1. The first-order valence-electron chi connectivity index (χ1n) is 6.95. The quantitative estimate of drug-likeness (QED) is 0.822. The maximum absolute atomic E-state index is 12.1. The van der Waals surface area contributed by atoms with E-state index in [0.29, 0.717) is 32.8 Å². The van der Waals surface area contributed by atoms with Gasteiger partial charge in [-0.25, -0.2) is 4.98 Å². The zero-order valence-electron chi connectivity index (χ0n) is 12.1. The van der Waals surface area contributed by atoms with Crippen LogP contribution < -0.4 is 16.0 Å². The van der Waals surface area contributed by atoms with E-state index in [1.165, 1.54) is 0 Å². The molecule has 1 fully saturated rings. The van der Waals surface area contributed by atoms with Crippen LogP contribution in [0.5, 0.6) is 0 Å². The summed E-state index contributed by atoms with van der Waals surface area (Å²) >= 11 is 0. The molecular formula is C14H22N4O2. The van der Waals surface area contributed by atoms with Crippen LogP contribution in [-0.4, -0.2) is 43.2 Å². The minimum atomic E-state index is -0.330. The van der Waals surface area contributed by atoms with Gasteiger partial charge in [0.2, 0.25) is 5.91 Å². The number of morpholine rings is 1. The third-order valence-electron chi connectivity index (χ3n) is 3.31. The van der Waals surface area contributed by atoms with Gasteiger partial charge in [0.15, 0.2) is 0 Å². The lowest BCUT2D eigenvalue weighted by Gasteiger charge is -2.35. The van der Waals surface area contributed by atoms with Crippen LogP contribution in [0, 0.1) is 6.92 Å². The van der Waals surface area contributed by atoms with E-state index in [4.69, 9.17) is 10.5 Å². The van der Waals surface area contributed by atoms with Gasteiger partial charge < -0.3 is 20.7 Å². The van der Waals surface area contributed by atoms with E-state index in [1.54, 1.807) is 0 Å². The van der Waals surface area contributed by atoms with Crippen LogP contribution in [0.25, 0.3) is 0 Å². The maximum atomic E-state index is 12.1. The summed E-state index contributed by atoms with van der Waals surface area (Å²) in [5, 5.41) is 2.85. The minimum Gasteiger partial charge on any atom is -0.377 e. The summed E-state index contributed by atoms with van der Waals surface area (Å²) in [6.07, 6.45) is 0. The SMILES string of the molecule is CCNC(=O)C1COCCN1c1cc(CN)cc(C)n1. The van der Waals surface area contributed by atoms with Gasteiger partial charge >= 0.3 is 0 Å². The van der Waals surface area contributed by atoms with Gasteiger partial charge in [-0.15, -0.1) is 0 Å². The number of amides is 1. The molecule has 0 aromatic carbocycles. The fraction of sp³-hybridized carbons (Fsp3) is 0.571. The number of ether oxygens (including phenoxy) is 1. The number of nitrogens with zero attached hydrogens (tertiary/aromatic N) is 2. The van der Waals surface area contributed by atoms with Crippen molar-refractivity contribution in [2.45, 2.75) is 26.4 Å². The number of hydrogen-bond donors (Lipinski definition) is 2. The maximum Gasteiger partial charge on any atom is 0.245 e. The summed E-state index contributed by atoms with van der Waals surface area (Å²) in [6, 6.07) is 3.58. The van der Waals surface area contributed by atoms with Crippen molar-refractivity contribution in [1.29, 1.82) is 0 Å². The molecule has 0 radical (unpaired) electrons. The van der Waals surface area contributed by atoms with E-state index < -0.39 is 0 Å². The zero-order valence-corrected chi connectivity index (χ0v) is 12.1. The number of anilines is 1. The highest BCUT2D eigenvalue weighted by molar-refractivity contribution is 5.85. The Labute approximate surface area is 119 Å². The van der Waals surface area contributed by atoms with Crippen molar-refractivity contribution in [3.8, 4) is 0 Å². The Bertz CT molecular complexity index is 478. The minimum absolute atomic E-state index is 0.0233. The number of hydrogen-bond acceptors (Lipinski definition) is 5. The number of aryl methyl sites for hydroxylation is 1. The highest BCUT2D eigenvalue weighted by Crippen LogP contribution is 2.20. The molecule has 1 aliphatic rings. The second kappa shape index (κ2) is 6.67. The highest BCUT2D eigenvalue weighted by atomic mass is 16.5. The largest absolute Gasteiger partial charge is 0.377 e. The van der Waals surface area contributed by atoms with Gasteiger partial charge in [0, 0.05) is 25.3 Å². The summed E-state index contributed by atoms with van der Waals surface area (Å²) in [7, 11) is 0. The van der Waals surface area contributed by atoms with Crippen LogP contribution in [0.15, 0.2) is 12.1 Å². The first-order chi connectivity index (χ1) is 9.65. The first-order valence-corrected chi connectivity index (χ1v) is 6.95. The predicted molar refractivity (Wildman–Crippen MR) is 77.5 cm³/mol. The van der Waals surface area contributed by atoms with Gasteiger partial charge in [-0.1, -0.05) is 0 Å². The fourth-order valence-corrected chi connectivity index (χ4v) is 2.37. The number of nitrogens with one attached hydrogen (secondary N) is 1. The Kier molecular flexibility index (Phi) is 4.92. The molecule has 3 N–H and O–H groups in total. The molecule has 0 aliphatic carbocycles. The molecule has 1 unspecified atom stereocenters. The number of aromatic nitrogens is 1. The standard InChI is InChI=1S/C14H22N4O2/c1-3-16-14(19)12-9-20-5-4-18(12)13-7-11(8-15)6-10(2)17-13/h6-7,12H,3-5,8-9,15H2,1-2H3,(H,16,19). The van der Waals surface area contributed by atoms with E-state index in [0.717, 1.165) is 17.1 Å². The fourth-order valence-electron chi connectivity index (χ4n) is 2.37. The molecule has 0 bridgehead atoms. The summed E-state index contributed by atoms with van der Waals surface area (Å²) in [6.45, 7) is 6.56. The molecule has 20 heavy (non-hydrogen) atoms. The molecule has 0 saturated carbocycles. The van der Waals surface area contributed by atoms with Crippen molar-refractivity contribution in [2.24, 2.45) is 5.73 Å². The van der Waals surface area contributed by atoms with Gasteiger partial charge in [-0.05, 0) is 31.5 Å². The van der Waals surface area contributed by atoms with Crippen molar-refractivity contribution in [2.75, 3.05) is 31.2 Å². The molecule has 110 valence electrons. The van der Waals surface area contributed by atoms with E-state index in [9.17, 15) is 4.79 Å². The Morgan fingerprint density at radius 2 is 2.40 bits per heavy atom. The molecule has 6 heteroatoms. The molecule has 2 heterocycles. The van der Waals surface area contributed by atoms with E-state index in [2.05, 4.69) is 10.3 Å². The summed E-state index contributed by atoms with van der Waals surface area (Å²) in [5.74, 6) is 0.773. The topological polar surface area (TPSA) is 80.5 Å². The second-order valence-electron chi connectivity index (χ2n) is 4.86. The molecule has 1 aromatic rings. The van der Waals surface area contributed by atoms with Gasteiger partial charge in [0.25, 0.3) is 0 Å². The zero-order chi connectivity index (χ0) is 14.5. The molecular weight excluding hydrogens is 256 g/mol. The van der Waals surface area contributed by atoms with Crippen LogP contribution >= 0.6 is 0 Å². The van der Waals surface area contributed by atoms with Crippen LogP contribution in [0.3, 0.4) is 0 Å². The third-order valence-corrected chi connectivity index (χ3v) is 3.31. The van der Waals surface area contributed by atoms with E-state index >= 15 is 0 Å². The van der Waals surface area contributed by atoms with Crippen LogP contribution in [-0.2, 0) is 16.1 Å². The van der Waals surface area contributed by atoms with Crippen molar-refractivity contribution >= 4 is 11.7 Å². The van der Waals surface area contributed by atoms with Gasteiger partial charge in [0.1, 0.15) is 11.9 Å². The summed E-state index contributed by atoms with van der Waals surface area (Å²) in [4.78, 5) is 18.7. The number of rotatable bonds is 4. The molecule has 1 saturated heterocycles. The lowest BCUT2D eigenvalue weighted by molar-refractivity contribution is -0.124. The van der Waals surface area contributed by atoms with Gasteiger partial charge in [-0.2, -0.15) is 0 Å². The molecule has 0 spiro atoms.